The van der Waals surface area contributed by atoms with Crippen molar-refractivity contribution in [2.75, 3.05) is 23.9 Å². The van der Waals surface area contributed by atoms with E-state index in [1.165, 1.54) is 18.2 Å². The molecule has 142 valence electrons. The fourth-order valence-corrected chi connectivity index (χ4v) is 2.77. The summed E-state index contributed by atoms with van der Waals surface area (Å²) in [7, 11) is 3.91. The van der Waals surface area contributed by atoms with Crippen LogP contribution in [0.15, 0.2) is 66.3 Å². The van der Waals surface area contributed by atoms with Gasteiger partial charge in [-0.05, 0) is 48.0 Å². The first-order valence-electron chi connectivity index (χ1n) is 8.48. The monoisotopic (exact) mass is 395 g/mol. The minimum absolute atomic E-state index is 0.129. The molecule has 0 saturated carbocycles. The number of anilines is 2. The summed E-state index contributed by atoms with van der Waals surface area (Å²) in [5.41, 5.74) is 2.18. The number of carbonyl (C=O) groups excluding carboxylic acids is 3. The third kappa shape index (κ3) is 4.13. The molecule has 7 heteroatoms. The number of urea groups is 1. The highest BCUT2D eigenvalue weighted by atomic mass is 35.5. The Bertz CT molecular complexity index is 977. The fraction of sp³-hybridized carbons (Fsp3) is 0.0952. The van der Waals surface area contributed by atoms with Crippen LogP contribution < -0.4 is 15.1 Å². The van der Waals surface area contributed by atoms with E-state index in [2.05, 4.69) is 5.32 Å². The van der Waals surface area contributed by atoms with Crippen LogP contribution in [-0.2, 0) is 9.59 Å². The van der Waals surface area contributed by atoms with Gasteiger partial charge < -0.3 is 4.90 Å². The molecule has 0 atom stereocenters. The number of hydrogen-bond donors (Lipinski definition) is 1. The first-order chi connectivity index (χ1) is 13.4. The Morgan fingerprint density at radius 3 is 2.21 bits per heavy atom. The van der Waals surface area contributed by atoms with Crippen LogP contribution >= 0.6 is 11.6 Å². The van der Waals surface area contributed by atoms with Crippen molar-refractivity contribution in [2.45, 2.75) is 0 Å². The van der Waals surface area contributed by atoms with Gasteiger partial charge in [-0.3, -0.25) is 14.9 Å². The van der Waals surface area contributed by atoms with E-state index in [4.69, 9.17) is 11.6 Å². The Morgan fingerprint density at radius 2 is 1.61 bits per heavy atom. The molecular formula is C21H18ClN3O3. The molecule has 3 rings (SSSR count). The first-order valence-corrected chi connectivity index (χ1v) is 8.85. The summed E-state index contributed by atoms with van der Waals surface area (Å²) in [5.74, 6) is -1.42. The molecule has 1 heterocycles. The molecule has 1 aliphatic rings. The summed E-state index contributed by atoms with van der Waals surface area (Å²) >= 11 is 5.85. The summed E-state index contributed by atoms with van der Waals surface area (Å²) in [6.07, 6.45) is 4.77. The van der Waals surface area contributed by atoms with E-state index < -0.39 is 17.8 Å². The molecule has 0 aliphatic carbocycles. The minimum atomic E-state index is -0.794. The number of hydrogen-bond acceptors (Lipinski definition) is 4. The van der Waals surface area contributed by atoms with Crippen molar-refractivity contribution in [3.05, 3.63) is 76.8 Å². The lowest BCUT2D eigenvalue weighted by molar-refractivity contribution is -0.122. The van der Waals surface area contributed by atoms with Crippen molar-refractivity contribution in [1.29, 1.82) is 0 Å². The molecule has 2 aromatic carbocycles. The highest BCUT2D eigenvalue weighted by molar-refractivity contribution is 6.37. The predicted molar refractivity (Wildman–Crippen MR) is 110 cm³/mol. The molecule has 1 aliphatic heterocycles. The number of barbiturate groups is 1. The molecular weight excluding hydrogens is 378 g/mol. The van der Waals surface area contributed by atoms with Crippen molar-refractivity contribution < 1.29 is 14.4 Å². The molecule has 4 amide bonds. The van der Waals surface area contributed by atoms with E-state index >= 15 is 0 Å². The van der Waals surface area contributed by atoms with E-state index in [0.717, 1.165) is 16.2 Å². The molecule has 1 fully saturated rings. The van der Waals surface area contributed by atoms with Crippen molar-refractivity contribution in [3.8, 4) is 0 Å². The number of allylic oxidation sites excluding steroid dienone is 2. The second kappa shape index (κ2) is 8.10. The van der Waals surface area contributed by atoms with Gasteiger partial charge in [-0.1, -0.05) is 35.9 Å². The van der Waals surface area contributed by atoms with E-state index in [1.807, 2.05) is 43.3 Å². The fourth-order valence-electron chi connectivity index (χ4n) is 2.64. The van der Waals surface area contributed by atoms with Gasteiger partial charge in [-0.15, -0.1) is 0 Å². The predicted octanol–water partition coefficient (Wildman–Crippen LogP) is 3.63. The van der Waals surface area contributed by atoms with Crippen molar-refractivity contribution in [2.24, 2.45) is 0 Å². The molecule has 1 N–H and O–H groups in total. The number of rotatable bonds is 4. The second-order valence-electron chi connectivity index (χ2n) is 6.30. The Labute approximate surface area is 167 Å². The molecule has 6 nitrogen and oxygen atoms in total. The first kappa shape index (κ1) is 19.4. The molecule has 2 aromatic rings. The second-order valence-corrected chi connectivity index (χ2v) is 6.74. The molecule has 0 bridgehead atoms. The number of amides is 4. The van der Waals surface area contributed by atoms with Crippen LogP contribution in [0.25, 0.3) is 6.08 Å². The average Bonchev–Trinajstić information content (AvgIpc) is 2.66. The number of benzene rings is 2. The van der Waals surface area contributed by atoms with E-state index in [9.17, 15) is 14.4 Å². The van der Waals surface area contributed by atoms with Gasteiger partial charge in [0.05, 0.1) is 5.69 Å². The van der Waals surface area contributed by atoms with Crippen molar-refractivity contribution >= 4 is 46.9 Å². The maximum absolute atomic E-state index is 12.7. The lowest BCUT2D eigenvalue weighted by Gasteiger charge is -2.26. The van der Waals surface area contributed by atoms with Gasteiger partial charge in [0, 0.05) is 24.8 Å². The van der Waals surface area contributed by atoms with E-state index in [-0.39, 0.29) is 5.57 Å². The van der Waals surface area contributed by atoms with Gasteiger partial charge in [0.15, 0.2) is 0 Å². The molecule has 1 saturated heterocycles. The van der Waals surface area contributed by atoms with Gasteiger partial charge in [-0.2, -0.15) is 0 Å². The summed E-state index contributed by atoms with van der Waals surface area (Å²) < 4.78 is 0. The topological polar surface area (TPSA) is 69.7 Å². The Morgan fingerprint density at radius 1 is 0.964 bits per heavy atom. The quantitative estimate of drug-likeness (QED) is 0.634. The molecule has 0 unspecified atom stereocenters. The van der Waals surface area contributed by atoms with Gasteiger partial charge >= 0.3 is 6.03 Å². The van der Waals surface area contributed by atoms with Crippen LogP contribution in [-0.4, -0.2) is 31.9 Å². The normalized spacial score (nSPS) is 16.0. The number of imide groups is 2. The SMILES string of the molecule is CN(C)c1ccc(/C=C/C=C2/C(=O)NC(=O)N(c3ccc(Cl)cc3)C2=O)cc1. The zero-order valence-electron chi connectivity index (χ0n) is 15.3. The van der Waals surface area contributed by atoms with E-state index in [1.54, 1.807) is 24.3 Å². The standard InChI is InChI=1S/C21H18ClN3O3/c1-24(2)16-10-6-14(7-11-16)4-3-5-18-19(26)23-21(28)25(20(18)27)17-12-8-15(22)9-13-17/h3-13H,1-2H3,(H,23,26,28)/b4-3+,18-5-. The highest BCUT2D eigenvalue weighted by Crippen LogP contribution is 2.22. The van der Waals surface area contributed by atoms with Gasteiger partial charge in [-0.25, -0.2) is 9.69 Å². The summed E-state index contributed by atoms with van der Waals surface area (Å²) in [6.45, 7) is 0. The van der Waals surface area contributed by atoms with Gasteiger partial charge in [0.25, 0.3) is 11.8 Å². The minimum Gasteiger partial charge on any atom is -0.378 e. The number of halogens is 1. The Balaban J connectivity index is 1.83. The van der Waals surface area contributed by atoms with Crippen LogP contribution in [0.4, 0.5) is 16.2 Å². The lowest BCUT2D eigenvalue weighted by atomic mass is 10.1. The Kier molecular flexibility index (Phi) is 5.61. The maximum Gasteiger partial charge on any atom is 0.335 e. The molecule has 0 radical (unpaired) electrons. The largest absolute Gasteiger partial charge is 0.378 e. The van der Waals surface area contributed by atoms with Gasteiger partial charge in [0.1, 0.15) is 5.57 Å². The third-order valence-corrected chi connectivity index (χ3v) is 4.40. The summed E-state index contributed by atoms with van der Waals surface area (Å²) in [6, 6.07) is 13.2. The van der Waals surface area contributed by atoms with Gasteiger partial charge in [0.2, 0.25) is 0 Å². The van der Waals surface area contributed by atoms with Crippen LogP contribution in [0.5, 0.6) is 0 Å². The number of nitrogens with zero attached hydrogens (tertiary/aromatic N) is 2. The highest BCUT2D eigenvalue weighted by Gasteiger charge is 2.36. The summed E-state index contributed by atoms with van der Waals surface area (Å²) in [4.78, 5) is 39.8. The third-order valence-electron chi connectivity index (χ3n) is 4.15. The Hall–Kier alpha value is -3.38. The zero-order valence-corrected chi connectivity index (χ0v) is 16.1. The molecule has 0 aromatic heterocycles. The average molecular weight is 396 g/mol. The maximum atomic E-state index is 12.7. The van der Waals surface area contributed by atoms with Crippen LogP contribution in [0.2, 0.25) is 5.02 Å². The van der Waals surface area contributed by atoms with Crippen LogP contribution in [0.1, 0.15) is 5.56 Å². The zero-order chi connectivity index (χ0) is 20.3. The van der Waals surface area contributed by atoms with Crippen molar-refractivity contribution in [3.63, 3.8) is 0 Å². The van der Waals surface area contributed by atoms with E-state index in [0.29, 0.717) is 10.7 Å². The summed E-state index contributed by atoms with van der Waals surface area (Å²) in [5, 5.41) is 2.65. The molecule has 0 spiro atoms. The smallest absolute Gasteiger partial charge is 0.335 e. The number of carbonyl (C=O) groups is 3. The van der Waals surface area contributed by atoms with Crippen LogP contribution in [0.3, 0.4) is 0 Å². The number of nitrogens with one attached hydrogen (secondary N) is 1. The van der Waals surface area contributed by atoms with Crippen LogP contribution in [0, 0.1) is 0 Å². The lowest BCUT2D eigenvalue weighted by Crippen LogP contribution is -2.54. The molecule has 28 heavy (non-hydrogen) atoms. The van der Waals surface area contributed by atoms with Crippen molar-refractivity contribution in [1.82, 2.24) is 5.32 Å².